The second kappa shape index (κ2) is 5.35. The third-order valence-electron chi connectivity index (χ3n) is 3.02. The van der Waals surface area contributed by atoms with Gasteiger partial charge in [-0.3, -0.25) is 9.59 Å². The summed E-state index contributed by atoms with van der Waals surface area (Å²) >= 11 is 0. The van der Waals surface area contributed by atoms with Crippen LogP contribution in [-0.2, 0) is 9.59 Å². The Bertz CT molecular complexity index is 540. The molecule has 0 spiro atoms. The molecule has 0 radical (unpaired) electrons. The van der Waals surface area contributed by atoms with Crippen LogP contribution >= 0.6 is 0 Å². The summed E-state index contributed by atoms with van der Waals surface area (Å²) in [4.78, 5) is 27.9. The minimum Gasteiger partial charge on any atom is -0.504 e. The molecule has 1 saturated heterocycles. The summed E-state index contributed by atoms with van der Waals surface area (Å²) < 4.78 is 0. The van der Waals surface area contributed by atoms with Crippen molar-refractivity contribution in [2.75, 3.05) is 11.9 Å². The molecular weight excluding hydrogens is 248 g/mol. The van der Waals surface area contributed by atoms with Crippen molar-refractivity contribution in [3.8, 4) is 11.8 Å². The van der Waals surface area contributed by atoms with Crippen molar-refractivity contribution in [3.63, 3.8) is 0 Å². The number of nitrogens with zero attached hydrogens (tertiary/aromatic N) is 3. The fourth-order valence-corrected chi connectivity index (χ4v) is 2.01. The summed E-state index contributed by atoms with van der Waals surface area (Å²) in [7, 11) is 0. The number of amides is 2. The van der Waals surface area contributed by atoms with E-state index in [4.69, 9.17) is 5.26 Å². The minimum absolute atomic E-state index is 0.0746. The van der Waals surface area contributed by atoms with E-state index >= 15 is 0 Å². The van der Waals surface area contributed by atoms with E-state index in [-0.39, 0.29) is 30.4 Å². The van der Waals surface area contributed by atoms with E-state index in [0.29, 0.717) is 6.41 Å². The number of hydrogen-bond donors (Lipinski definition) is 2. The van der Waals surface area contributed by atoms with Crippen molar-refractivity contribution in [2.24, 2.45) is 5.92 Å². The second-order valence-electron chi connectivity index (χ2n) is 4.24. The molecule has 0 bridgehead atoms. The number of aromatic hydroxyl groups is 1. The van der Waals surface area contributed by atoms with Crippen LogP contribution in [0.1, 0.15) is 6.42 Å². The molecule has 2 atom stereocenters. The molecule has 2 N–H and O–H groups in total. The molecule has 1 aliphatic rings. The number of anilines is 1. The zero-order valence-electron chi connectivity index (χ0n) is 9.98. The molecule has 7 heteroatoms. The van der Waals surface area contributed by atoms with Gasteiger partial charge in [-0.2, -0.15) is 5.26 Å². The fourth-order valence-electron chi connectivity index (χ4n) is 2.01. The standard InChI is InChI=1S/C12H12N4O3/c13-5-9-4-8(6-16(9)7-17)12(19)15-11-10(18)2-1-3-14-11/h1-3,7-9,18H,4,6H2,(H,14,15,19)/t8-,9-/m0/s1. The van der Waals surface area contributed by atoms with Gasteiger partial charge in [0.05, 0.1) is 12.0 Å². The van der Waals surface area contributed by atoms with Gasteiger partial charge in [0.15, 0.2) is 11.6 Å². The lowest BCUT2D eigenvalue weighted by Crippen LogP contribution is -2.28. The molecule has 2 rings (SSSR count). The zero-order chi connectivity index (χ0) is 13.8. The molecule has 98 valence electrons. The Morgan fingerprint density at radius 3 is 3.05 bits per heavy atom. The molecule has 19 heavy (non-hydrogen) atoms. The van der Waals surface area contributed by atoms with Crippen LogP contribution in [0.2, 0.25) is 0 Å². The lowest BCUT2D eigenvalue weighted by atomic mass is 10.1. The van der Waals surface area contributed by atoms with E-state index in [0.717, 1.165) is 0 Å². The number of rotatable bonds is 3. The van der Waals surface area contributed by atoms with Crippen LogP contribution < -0.4 is 5.32 Å². The number of nitriles is 1. The molecule has 1 aliphatic heterocycles. The van der Waals surface area contributed by atoms with Crippen molar-refractivity contribution in [2.45, 2.75) is 12.5 Å². The predicted molar refractivity (Wildman–Crippen MR) is 64.8 cm³/mol. The average molecular weight is 260 g/mol. The highest BCUT2D eigenvalue weighted by Gasteiger charge is 2.35. The van der Waals surface area contributed by atoms with Gasteiger partial charge in [-0.05, 0) is 18.6 Å². The lowest BCUT2D eigenvalue weighted by Gasteiger charge is -2.12. The van der Waals surface area contributed by atoms with E-state index in [2.05, 4.69) is 10.3 Å². The number of aromatic nitrogens is 1. The summed E-state index contributed by atoms with van der Waals surface area (Å²) in [6.45, 7) is 0.196. The van der Waals surface area contributed by atoms with Gasteiger partial charge in [-0.15, -0.1) is 0 Å². The van der Waals surface area contributed by atoms with Crippen LogP contribution in [-0.4, -0.2) is 39.9 Å². The van der Waals surface area contributed by atoms with Gasteiger partial charge in [0.2, 0.25) is 12.3 Å². The quantitative estimate of drug-likeness (QED) is 0.749. The highest BCUT2D eigenvalue weighted by Crippen LogP contribution is 2.24. The van der Waals surface area contributed by atoms with Gasteiger partial charge in [0.25, 0.3) is 0 Å². The Morgan fingerprint density at radius 1 is 1.68 bits per heavy atom. The second-order valence-corrected chi connectivity index (χ2v) is 4.24. The average Bonchev–Trinajstić information content (AvgIpc) is 2.84. The maximum Gasteiger partial charge on any atom is 0.230 e. The van der Waals surface area contributed by atoms with Crippen LogP contribution in [0.25, 0.3) is 0 Å². The maximum absolute atomic E-state index is 12.0. The highest BCUT2D eigenvalue weighted by molar-refractivity contribution is 5.93. The Balaban J connectivity index is 2.04. The third-order valence-corrected chi connectivity index (χ3v) is 3.02. The predicted octanol–water partition coefficient (Wildman–Crippen LogP) is 0.0962. The van der Waals surface area contributed by atoms with Crippen molar-refractivity contribution < 1.29 is 14.7 Å². The van der Waals surface area contributed by atoms with Gasteiger partial charge in [0.1, 0.15) is 6.04 Å². The van der Waals surface area contributed by atoms with Gasteiger partial charge in [0, 0.05) is 12.7 Å². The highest BCUT2D eigenvalue weighted by atomic mass is 16.3. The molecule has 1 fully saturated rings. The smallest absolute Gasteiger partial charge is 0.230 e. The monoisotopic (exact) mass is 260 g/mol. The Morgan fingerprint density at radius 2 is 2.47 bits per heavy atom. The molecule has 1 aromatic heterocycles. The molecule has 0 aromatic carbocycles. The third kappa shape index (κ3) is 2.63. The van der Waals surface area contributed by atoms with Crippen LogP contribution in [0, 0.1) is 17.2 Å². The Kier molecular flexibility index (Phi) is 3.61. The van der Waals surface area contributed by atoms with Crippen molar-refractivity contribution in [3.05, 3.63) is 18.3 Å². The summed E-state index contributed by atoms with van der Waals surface area (Å²) in [5, 5.41) is 20.9. The van der Waals surface area contributed by atoms with Crippen LogP contribution in [0.15, 0.2) is 18.3 Å². The maximum atomic E-state index is 12.0. The number of pyridine rings is 1. The van der Waals surface area contributed by atoms with Crippen molar-refractivity contribution in [1.29, 1.82) is 5.26 Å². The first-order chi connectivity index (χ1) is 9.15. The largest absolute Gasteiger partial charge is 0.504 e. The summed E-state index contributed by atoms with van der Waals surface area (Å²) in [5.74, 6) is -0.890. The van der Waals surface area contributed by atoms with Crippen molar-refractivity contribution in [1.82, 2.24) is 9.88 Å². The first-order valence-corrected chi connectivity index (χ1v) is 5.71. The van der Waals surface area contributed by atoms with Crippen LogP contribution in [0.3, 0.4) is 0 Å². The number of hydrogen-bond acceptors (Lipinski definition) is 5. The molecule has 2 amide bonds. The van der Waals surface area contributed by atoms with Crippen LogP contribution in [0.4, 0.5) is 5.82 Å². The number of carbonyl (C=O) groups excluding carboxylic acids is 2. The molecular formula is C12H12N4O3. The first-order valence-electron chi connectivity index (χ1n) is 5.71. The number of carbonyl (C=O) groups is 2. The van der Waals surface area contributed by atoms with Gasteiger partial charge in [-0.1, -0.05) is 0 Å². The zero-order valence-corrected chi connectivity index (χ0v) is 9.98. The molecule has 0 unspecified atom stereocenters. The fraction of sp³-hybridized carbons (Fsp3) is 0.333. The summed E-state index contributed by atoms with van der Waals surface area (Å²) in [6.07, 6.45) is 2.30. The number of likely N-dealkylation sites (tertiary alicyclic amines) is 1. The van der Waals surface area contributed by atoms with Crippen LogP contribution in [0.5, 0.6) is 5.75 Å². The summed E-state index contributed by atoms with van der Waals surface area (Å²) in [5.41, 5.74) is 0. The molecule has 0 saturated carbocycles. The van der Waals surface area contributed by atoms with E-state index in [1.54, 1.807) is 6.07 Å². The van der Waals surface area contributed by atoms with Crippen molar-refractivity contribution >= 4 is 18.1 Å². The topological polar surface area (TPSA) is 106 Å². The van der Waals surface area contributed by atoms with Gasteiger partial charge < -0.3 is 15.3 Å². The SMILES string of the molecule is N#C[C@@H]1C[C@H](C(=O)Nc2ncccc2O)CN1C=O. The minimum atomic E-state index is -0.578. The first kappa shape index (κ1) is 12.8. The Labute approximate surface area is 109 Å². The van der Waals surface area contributed by atoms with E-state index in [9.17, 15) is 14.7 Å². The summed E-state index contributed by atoms with van der Waals surface area (Å²) in [6, 6.07) is 4.35. The lowest BCUT2D eigenvalue weighted by molar-refractivity contribution is -0.120. The van der Waals surface area contributed by atoms with Gasteiger partial charge >= 0.3 is 0 Å². The Hall–Kier alpha value is -2.62. The van der Waals surface area contributed by atoms with Gasteiger partial charge in [-0.25, -0.2) is 4.98 Å². The number of nitrogens with one attached hydrogen (secondary N) is 1. The molecule has 7 nitrogen and oxygen atoms in total. The van der Waals surface area contributed by atoms with E-state index < -0.39 is 12.0 Å². The molecule has 0 aliphatic carbocycles. The molecule has 1 aromatic rings. The molecule has 2 heterocycles. The van der Waals surface area contributed by atoms with E-state index in [1.807, 2.05) is 6.07 Å². The normalized spacial score (nSPS) is 21.7. The van der Waals surface area contributed by atoms with E-state index in [1.165, 1.54) is 17.2 Å².